The number of ether oxygens (including phenoxy) is 1. The number of nitrogens with zero attached hydrogens (tertiary/aromatic N) is 3. The summed E-state index contributed by atoms with van der Waals surface area (Å²) in [7, 11) is 1.33. The number of pyridine rings is 2. The number of methoxy groups -OCH3 is 1. The Balaban J connectivity index is 0.000000320. The highest BCUT2D eigenvalue weighted by Gasteiger charge is 2.23. The minimum absolute atomic E-state index is 0.0977. The number of amides is 4. The fourth-order valence-electron chi connectivity index (χ4n) is 5.59. The van der Waals surface area contributed by atoms with Crippen LogP contribution < -0.4 is 21.3 Å². The Kier molecular flexibility index (Phi) is 18.6. The summed E-state index contributed by atoms with van der Waals surface area (Å²) in [6.45, 7) is 5.59. The summed E-state index contributed by atoms with van der Waals surface area (Å²) in [5, 5.41) is 19.2. The Morgan fingerprint density at radius 2 is 1.14 bits per heavy atom. The van der Waals surface area contributed by atoms with E-state index in [0.29, 0.717) is 37.1 Å². The van der Waals surface area contributed by atoms with Gasteiger partial charge in [-0.1, -0.05) is 39.7 Å². The van der Waals surface area contributed by atoms with Crippen molar-refractivity contribution in [3.05, 3.63) is 119 Å². The van der Waals surface area contributed by atoms with Gasteiger partial charge in [0.1, 0.15) is 53.1 Å². The van der Waals surface area contributed by atoms with Crippen LogP contribution >= 0.6 is 0 Å². The normalized spacial score (nSPS) is 12.0. The van der Waals surface area contributed by atoms with Crippen molar-refractivity contribution in [2.45, 2.75) is 83.7 Å². The monoisotopic (exact) mass is 819 g/mol. The molecule has 3 unspecified atom stereocenters. The van der Waals surface area contributed by atoms with Crippen molar-refractivity contribution in [1.29, 1.82) is 5.26 Å². The SMILES string of the molecule is CCCC(NC(=O)Cc1cc(F)cc(F)c1)C(=O)Nc1ccc(C#N)cn1.CCCC(NC(=O)Cc1cc(F)cc(F)c1)C(=O)Nc1ccc(C(C)CC(=O)OC)cn1. The highest BCUT2D eigenvalue weighted by Crippen LogP contribution is 2.20. The minimum atomic E-state index is -0.828. The van der Waals surface area contributed by atoms with E-state index in [1.165, 1.54) is 25.4 Å². The standard InChI is InChI=1S/C23H27F2N3O4.C19H18F2N4O2/c1-4-5-19(27-21(29)11-15-9-17(24)12-18(25)10-15)23(31)28-20-7-6-16(13-26-20)14(2)8-22(30)32-3;1-2-3-16(19(27)25-17-5-4-12(10-22)11-23-17)24-18(26)8-13-6-14(20)9-15(21)7-13/h6-7,9-10,12-14,19H,4-5,8,11H2,1-3H3,(H,27,29)(H,26,28,31);4-7,9,11,16H,2-3,8H2,1H3,(H,24,26)(H,23,25,27). The zero-order chi connectivity index (χ0) is 43.5. The maximum absolute atomic E-state index is 13.3. The fourth-order valence-corrected chi connectivity index (χ4v) is 5.59. The van der Waals surface area contributed by atoms with Gasteiger partial charge in [0.05, 0.1) is 31.9 Å². The molecule has 4 amide bonds. The first-order chi connectivity index (χ1) is 28.1. The van der Waals surface area contributed by atoms with Gasteiger partial charge in [-0.2, -0.15) is 5.26 Å². The van der Waals surface area contributed by atoms with Crippen LogP contribution in [0.1, 0.15) is 81.0 Å². The Bertz CT molecular complexity index is 2070. The predicted octanol–water partition coefficient (Wildman–Crippen LogP) is 6.19. The highest BCUT2D eigenvalue weighted by atomic mass is 19.1. The largest absolute Gasteiger partial charge is 0.469 e. The van der Waals surface area contributed by atoms with Gasteiger partial charge >= 0.3 is 5.97 Å². The van der Waals surface area contributed by atoms with E-state index >= 15 is 0 Å². The molecule has 2 aromatic heterocycles. The van der Waals surface area contributed by atoms with Crippen LogP contribution in [0.15, 0.2) is 73.1 Å². The molecule has 17 heteroatoms. The maximum atomic E-state index is 13.3. The second kappa shape index (κ2) is 23.5. The molecule has 0 bridgehead atoms. The lowest BCUT2D eigenvalue weighted by Crippen LogP contribution is -2.44. The van der Waals surface area contributed by atoms with Crippen LogP contribution in [0.2, 0.25) is 0 Å². The summed E-state index contributed by atoms with van der Waals surface area (Å²) >= 11 is 0. The summed E-state index contributed by atoms with van der Waals surface area (Å²) in [5.41, 5.74) is 1.52. The number of anilines is 2. The molecule has 0 aliphatic carbocycles. The van der Waals surface area contributed by atoms with Crippen LogP contribution in [0.3, 0.4) is 0 Å². The number of rotatable bonds is 17. The molecular weight excluding hydrogens is 774 g/mol. The molecule has 0 aliphatic rings. The van der Waals surface area contributed by atoms with Crippen LogP contribution in [0.5, 0.6) is 0 Å². The molecule has 3 atom stereocenters. The van der Waals surface area contributed by atoms with Crippen molar-refractivity contribution >= 4 is 41.2 Å². The summed E-state index contributed by atoms with van der Waals surface area (Å²) in [6.07, 6.45) is 4.61. The molecule has 13 nitrogen and oxygen atoms in total. The number of nitrogens with one attached hydrogen (secondary N) is 4. The number of hydrogen-bond acceptors (Lipinski definition) is 9. The Morgan fingerprint density at radius 1 is 0.695 bits per heavy atom. The van der Waals surface area contributed by atoms with Gasteiger partial charge in [0.25, 0.3) is 0 Å². The summed E-state index contributed by atoms with van der Waals surface area (Å²) in [4.78, 5) is 69.1. The third-order valence-corrected chi connectivity index (χ3v) is 8.48. The highest BCUT2D eigenvalue weighted by molar-refractivity contribution is 5.97. The average Bonchev–Trinajstić information content (AvgIpc) is 3.17. The van der Waals surface area contributed by atoms with Gasteiger partial charge in [0.2, 0.25) is 23.6 Å². The zero-order valence-electron chi connectivity index (χ0n) is 32.9. The minimum Gasteiger partial charge on any atom is -0.469 e. The van der Waals surface area contributed by atoms with Gasteiger partial charge in [-0.25, -0.2) is 27.5 Å². The van der Waals surface area contributed by atoms with Gasteiger partial charge in [0.15, 0.2) is 0 Å². The van der Waals surface area contributed by atoms with Crippen LogP contribution in [0, 0.1) is 34.6 Å². The summed E-state index contributed by atoms with van der Waals surface area (Å²) in [5.74, 6) is -4.93. The lowest BCUT2D eigenvalue weighted by atomic mass is 10.00. The van der Waals surface area contributed by atoms with Crippen molar-refractivity contribution in [2.24, 2.45) is 0 Å². The second-order valence-electron chi connectivity index (χ2n) is 13.4. The van der Waals surface area contributed by atoms with Crippen LogP contribution in [-0.2, 0) is 41.6 Å². The molecule has 59 heavy (non-hydrogen) atoms. The van der Waals surface area contributed by atoms with Crippen molar-refractivity contribution in [3.8, 4) is 6.07 Å². The molecule has 312 valence electrons. The van der Waals surface area contributed by atoms with Gasteiger partial charge in [-0.05, 0) is 77.9 Å². The topological polar surface area (TPSA) is 192 Å². The Labute approximate surface area is 339 Å². The number of esters is 1. The molecule has 0 saturated carbocycles. The molecular formula is C42H45F4N7O6. The average molecular weight is 820 g/mol. The van der Waals surface area contributed by atoms with Crippen LogP contribution in [-0.4, -0.2) is 58.8 Å². The number of hydrogen-bond donors (Lipinski definition) is 4. The third-order valence-electron chi connectivity index (χ3n) is 8.48. The number of carbonyl (C=O) groups is 5. The number of halogens is 4. The lowest BCUT2D eigenvalue weighted by Gasteiger charge is -2.18. The molecule has 0 radical (unpaired) electrons. The molecule has 0 aliphatic heterocycles. The van der Waals surface area contributed by atoms with Gasteiger partial charge in [-0.3, -0.25) is 24.0 Å². The van der Waals surface area contributed by atoms with Crippen LogP contribution in [0.25, 0.3) is 0 Å². The molecule has 4 rings (SSSR count). The molecule has 0 saturated heterocycles. The van der Waals surface area contributed by atoms with E-state index in [1.54, 1.807) is 18.3 Å². The summed E-state index contributed by atoms with van der Waals surface area (Å²) < 4.78 is 57.8. The molecule has 2 aromatic carbocycles. The first-order valence-corrected chi connectivity index (χ1v) is 18.6. The lowest BCUT2D eigenvalue weighted by molar-refractivity contribution is -0.141. The first kappa shape index (κ1) is 46.7. The van der Waals surface area contributed by atoms with Gasteiger partial charge in [0, 0.05) is 24.5 Å². The van der Waals surface area contributed by atoms with E-state index in [2.05, 4.69) is 36.0 Å². The third kappa shape index (κ3) is 16.4. The van der Waals surface area contributed by atoms with E-state index < -0.39 is 59.0 Å². The van der Waals surface area contributed by atoms with E-state index in [0.717, 1.165) is 42.0 Å². The second-order valence-corrected chi connectivity index (χ2v) is 13.4. The predicted molar refractivity (Wildman–Crippen MR) is 209 cm³/mol. The smallest absolute Gasteiger partial charge is 0.306 e. The van der Waals surface area contributed by atoms with E-state index in [9.17, 15) is 41.5 Å². The van der Waals surface area contributed by atoms with E-state index in [4.69, 9.17) is 5.26 Å². The van der Waals surface area contributed by atoms with Gasteiger partial charge < -0.3 is 26.0 Å². The van der Waals surface area contributed by atoms with Crippen molar-refractivity contribution < 1.29 is 46.3 Å². The number of carbonyl (C=O) groups excluding carboxylic acids is 5. The Hall–Kier alpha value is -6.70. The first-order valence-electron chi connectivity index (χ1n) is 18.6. The fraction of sp³-hybridized carbons (Fsp3) is 0.333. The molecule has 2 heterocycles. The molecule has 4 N–H and O–H groups in total. The van der Waals surface area contributed by atoms with E-state index in [1.807, 2.05) is 26.8 Å². The van der Waals surface area contributed by atoms with E-state index in [-0.39, 0.29) is 48.1 Å². The van der Waals surface area contributed by atoms with Crippen molar-refractivity contribution in [1.82, 2.24) is 20.6 Å². The molecule has 0 fully saturated rings. The van der Waals surface area contributed by atoms with Crippen molar-refractivity contribution in [3.63, 3.8) is 0 Å². The Morgan fingerprint density at radius 3 is 1.49 bits per heavy atom. The quantitative estimate of drug-likeness (QED) is 0.0711. The maximum Gasteiger partial charge on any atom is 0.306 e. The molecule has 4 aromatic rings. The summed E-state index contributed by atoms with van der Waals surface area (Å²) in [6, 6.07) is 12.4. The zero-order valence-corrected chi connectivity index (χ0v) is 32.9. The number of aromatic nitrogens is 2. The van der Waals surface area contributed by atoms with Crippen LogP contribution in [0.4, 0.5) is 29.2 Å². The van der Waals surface area contributed by atoms with Gasteiger partial charge in [-0.15, -0.1) is 0 Å². The van der Waals surface area contributed by atoms with Crippen molar-refractivity contribution in [2.75, 3.05) is 17.7 Å². The number of benzene rings is 2. The number of nitriles is 1. The molecule has 0 spiro atoms.